The SMILES string of the molecule is CC.CC1=C(N=CCBr)C(=O)c2ccc(C)c([N+](=O)[O-])c2CC1. The summed E-state index contributed by atoms with van der Waals surface area (Å²) < 4.78 is 0. The largest absolute Gasteiger partial charge is 0.287 e. The second-order valence-electron chi connectivity index (χ2n) is 4.94. The third-order valence-electron chi connectivity index (χ3n) is 3.57. The molecule has 6 heteroatoms. The first-order valence-corrected chi connectivity index (χ1v) is 8.69. The van der Waals surface area contributed by atoms with E-state index >= 15 is 0 Å². The lowest BCUT2D eigenvalue weighted by Crippen LogP contribution is -2.08. The van der Waals surface area contributed by atoms with E-state index in [4.69, 9.17) is 0 Å². The summed E-state index contributed by atoms with van der Waals surface area (Å²) in [4.78, 5) is 27.7. The highest BCUT2D eigenvalue weighted by Gasteiger charge is 2.28. The summed E-state index contributed by atoms with van der Waals surface area (Å²) in [5.41, 5.74) is 2.81. The number of Topliss-reactive ketones (excluding diaryl/α,β-unsaturated/α-hetero) is 1. The van der Waals surface area contributed by atoms with Gasteiger partial charge in [-0.2, -0.15) is 0 Å². The third kappa shape index (κ3) is 4.13. The van der Waals surface area contributed by atoms with Crippen LogP contribution in [0.25, 0.3) is 0 Å². The Morgan fingerprint density at radius 1 is 1.30 bits per heavy atom. The summed E-state index contributed by atoms with van der Waals surface area (Å²) in [5, 5.41) is 11.8. The number of aryl methyl sites for hydroxylation is 1. The summed E-state index contributed by atoms with van der Waals surface area (Å²) >= 11 is 3.24. The fourth-order valence-electron chi connectivity index (χ4n) is 2.52. The molecule has 0 heterocycles. The molecule has 0 aromatic heterocycles. The second-order valence-corrected chi connectivity index (χ2v) is 5.59. The average Bonchev–Trinajstić information content (AvgIpc) is 2.64. The molecule has 1 aromatic rings. The van der Waals surface area contributed by atoms with Crippen molar-refractivity contribution in [3.05, 3.63) is 50.2 Å². The van der Waals surface area contributed by atoms with Crippen LogP contribution in [0.1, 0.15) is 48.7 Å². The van der Waals surface area contributed by atoms with E-state index in [9.17, 15) is 14.9 Å². The first-order valence-electron chi connectivity index (χ1n) is 7.57. The Hall–Kier alpha value is -1.82. The first-order chi connectivity index (χ1) is 11.0. The lowest BCUT2D eigenvalue weighted by Gasteiger charge is -2.08. The van der Waals surface area contributed by atoms with Crippen LogP contribution in [0.5, 0.6) is 0 Å². The van der Waals surface area contributed by atoms with Gasteiger partial charge >= 0.3 is 0 Å². The summed E-state index contributed by atoms with van der Waals surface area (Å²) in [6, 6.07) is 3.30. The number of hydrogen-bond acceptors (Lipinski definition) is 4. The van der Waals surface area contributed by atoms with Gasteiger partial charge in [-0.15, -0.1) is 0 Å². The lowest BCUT2D eigenvalue weighted by molar-refractivity contribution is -0.386. The van der Waals surface area contributed by atoms with E-state index in [2.05, 4.69) is 20.9 Å². The van der Waals surface area contributed by atoms with Crippen molar-refractivity contribution in [3.63, 3.8) is 0 Å². The van der Waals surface area contributed by atoms with Gasteiger partial charge in [0.1, 0.15) is 5.70 Å². The highest BCUT2D eigenvalue weighted by molar-refractivity contribution is 9.09. The molecule has 0 amide bonds. The maximum atomic E-state index is 12.6. The first kappa shape index (κ1) is 19.2. The average molecular weight is 381 g/mol. The minimum Gasteiger partial charge on any atom is -0.287 e. The zero-order valence-corrected chi connectivity index (χ0v) is 15.4. The smallest absolute Gasteiger partial charge is 0.276 e. The Balaban J connectivity index is 0.00000127. The number of aliphatic imine (C=N–C) groups is 1. The molecular weight excluding hydrogens is 360 g/mol. The number of benzene rings is 1. The van der Waals surface area contributed by atoms with Crippen LogP contribution in [-0.2, 0) is 6.42 Å². The number of alkyl halides is 1. The van der Waals surface area contributed by atoms with Crippen LogP contribution in [0.3, 0.4) is 0 Å². The zero-order chi connectivity index (χ0) is 17.6. The van der Waals surface area contributed by atoms with Gasteiger partial charge in [0.05, 0.1) is 4.92 Å². The number of carbonyl (C=O) groups is 1. The molecule has 1 aliphatic rings. The number of carbonyl (C=O) groups excluding carboxylic acids is 1. The van der Waals surface area contributed by atoms with E-state index in [1.807, 2.05) is 20.8 Å². The normalized spacial score (nSPS) is 14.2. The molecule has 0 N–H and O–H groups in total. The lowest BCUT2D eigenvalue weighted by atomic mass is 9.96. The molecule has 1 aliphatic carbocycles. The molecule has 5 nitrogen and oxygen atoms in total. The van der Waals surface area contributed by atoms with Crippen molar-refractivity contribution >= 4 is 33.6 Å². The van der Waals surface area contributed by atoms with E-state index < -0.39 is 4.92 Å². The highest BCUT2D eigenvalue weighted by atomic mass is 79.9. The van der Waals surface area contributed by atoms with Crippen LogP contribution in [0.2, 0.25) is 0 Å². The topological polar surface area (TPSA) is 72.6 Å². The molecule has 2 rings (SSSR count). The van der Waals surface area contributed by atoms with Crippen LogP contribution < -0.4 is 0 Å². The molecule has 0 atom stereocenters. The van der Waals surface area contributed by atoms with E-state index in [0.717, 1.165) is 5.57 Å². The number of hydrogen-bond donors (Lipinski definition) is 0. The molecule has 0 bridgehead atoms. The number of rotatable bonds is 3. The maximum absolute atomic E-state index is 12.6. The molecule has 0 saturated heterocycles. The Morgan fingerprint density at radius 3 is 2.52 bits per heavy atom. The molecule has 0 radical (unpaired) electrons. The molecule has 0 saturated carbocycles. The number of nitro benzene ring substituents is 1. The van der Waals surface area contributed by atoms with Crippen LogP contribution in [0, 0.1) is 17.0 Å². The molecule has 23 heavy (non-hydrogen) atoms. The number of nitro groups is 1. The van der Waals surface area contributed by atoms with Crippen molar-refractivity contribution < 1.29 is 9.72 Å². The van der Waals surface area contributed by atoms with Crippen LogP contribution >= 0.6 is 15.9 Å². The Labute approximate surface area is 144 Å². The van der Waals surface area contributed by atoms with Gasteiger partial charge in [-0.25, -0.2) is 0 Å². The number of ketones is 1. The zero-order valence-electron chi connectivity index (χ0n) is 13.9. The van der Waals surface area contributed by atoms with Crippen LogP contribution in [0.4, 0.5) is 5.69 Å². The fourth-order valence-corrected chi connectivity index (χ4v) is 2.67. The minimum absolute atomic E-state index is 0.0550. The summed E-state index contributed by atoms with van der Waals surface area (Å²) in [6.45, 7) is 7.54. The minimum atomic E-state index is -0.399. The molecule has 0 aliphatic heterocycles. The predicted molar refractivity (Wildman–Crippen MR) is 96.8 cm³/mol. The van der Waals surface area contributed by atoms with Crippen molar-refractivity contribution in [1.82, 2.24) is 0 Å². The molecular formula is C17H21BrN2O3. The number of nitrogens with zero attached hydrogens (tertiary/aromatic N) is 2. The van der Waals surface area contributed by atoms with Crippen LogP contribution in [-0.4, -0.2) is 22.3 Å². The van der Waals surface area contributed by atoms with Gasteiger partial charge in [0.15, 0.2) is 0 Å². The van der Waals surface area contributed by atoms with Gasteiger partial charge in [-0.05, 0) is 38.3 Å². The molecule has 1 aromatic carbocycles. The van der Waals surface area contributed by atoms with Crippen molar-refractivity contribution in [3.8, 4) is 0 Å². The van der Waals surface area contributed by atoms with Gasteiger partial charge in [0.25, 0.3) is 5.69 Å². The number of halogens is 1. The predicted octanol–water partition coefficient (Wildman–Crippen LogP) is 4.80. The van der Waals surface area contributed by atoms with E-state index in [-0.39, 0.29) is 11.5 Å². The molecule has 124 valence electrons. The quantitative estimate of drug-likeness (QED) is 0.327. The van der Waals surface area contributed by atoms with Gasteiger partial charge in [-0.3, -0.25) is 19.9 Å². The maximum Gasteiger partial charge on any atom is 0.276 e. The summed E-state index contributed by atoms with van der Waals surface area (Å²) in [7, 11) is 0. The highest BCUT2D eigenvalue weighted by Crippen LogP contribution is 2.33. The monoisotopic (exact) mass is 380 g/mol. The van der Waals surface area contributed by atoms with Gasteiger partial charge in [0, 0.05) is 28.2 Å². The number of fused-ring (bicyclic) bond motifs is 1. The van der Waals surface area contributed by atoms with Crippen molar-refractivity contribution in [2.45, 2.75) is 40.5 Å². The Bertz CT molecular complexity index is 679. The summed E-state index contributed by atoms with van der Waals surface area (Å²) in [6.07, 6.45) is 2.69. The standard InChI is InChI=1S/C15H15BrN2O3.C2H6/c1-9-3-5-11-12(15(19)13(9)17-8-7-16)6-4-10(2)14(11)18(20)21;1-2/h4,6,8H,3,5,7H2,1-2H3;1-2H3. The van der Waals surface area contributed by atoms with E-state index in [0.29, 0.717) is 40.6 Å². The van der Waals surface area contributed by atoms with E-state index in [1.54, 1.807) is 25.3 Å². The van der Waals surface area contributed by atoms with E-state index in [1.165, 1.54) is 0 Å². The second kappa shape index (κ2) is 8.72. The third-order valence-corrected chi connectivity index (χ3v) is 3.86. The van der Waals surface area contributed by atoms with Gasteiger partial charge in [-0.1, -0.05) is 35.8 Å². The van der Waals surface area contributed by atoms with Crippen LogP contribution in [0.15, 0.2) is 28.4 Å². The molecule has 0 fully saturated rings. The molecule has 0 spiro atoms. The van der Waals surface area contributed by atoms with Gasteiger partial charge < -0.3 is 0 Å². The summed E-state index contributed by atoms with van der Waals surface area (Å²) in [5.74, 6) is -0.236. The van der Waals surface area contributed by atoms with Crippen molar-refractivity contribution in [1.29, 1.82) is 0 Å². The van der Waals surface area contributed by atoms with Crippen molar-refractivity contribution in [2.75, 3.05) is 5.33 Å². The fraction of sp³-hybridized carbons (Fsp3) is 0.412. The molecule has 0 unspecified atom stereocenters. The van der Waals surface area contributed by atoms with Gasteiger partial charge in [0.2, 0.25) is 5.78 Å². The Kier molecular flexibility index (Phi) is 7.29. The van der Waals surface area contributed by atoms with Crippen molar-refractivity contribution in [2.24, 2.45) is 4.99 Å². The number of allylic oxidation sites excluding steroid dienone is 2. The Morgan fingerprint density at radius 2 is 1.96 bits per heavy atom.